The van der Waals surface area contributed by atoms with Crippen molar-refractivity contribution in [3.05, 3.63) is 122 Å². The minimum atomic E-state index is -0.834. The Morgan fingerprint density at radius 1 is 0.333 bits per heavy atom. The van der Waals surface area contributed by atoms with Gasteiger partial charge in [0.1, 0.15) is 13.2 Å². The lowest BCUT2D eigenvalue weighted by Crippen LogP contribution is -2.30. The van der Waals surface area contributed by atoms with Gasteiger partial charge in [-0.15, -0.1) is 0 Å². The molecular weight excluding hydrogens is 781 g/mol. The Balaban J connectivity index is 4.56. The van der Waals surface area contributed by atoms with E-state index in [2.05, 4.69) is 130 Å². The topological polar surface area (TPSA) is 78.9 Å². The molecule has 354 valence electrons. The number of hydrogen-bond acceptors (Lipinski definition) is 6. The van der Waals surface area contributed by atoms with Crippen LogP contribution in [0.4, 0.5) is 0 Å². The van der Waals surface area contributed by atoms with E-state index in [4.69, 9.17) is 14.2 Å². The van der Waals surface area contributed by atoms with Crippen molar-refractivity contribution in [3.8, 4) is 0 Å². The molecule has 6 nitrogen and oxygen atoms in total. The fraction of sp³-hybridized carbons (Fsp3) is 0.596. The Morgan fingerprint density at radius 3 is 1.10 bits per heavy atom. The van der Waals surface area contributed by atoms with Crippen LogP contribution in [0.1, 0.15) is 201 Å². The lowest BCUT2D eigenvalue weighted by molar-refractivity contribution is -0.166. The third-order valence-electron chi connectivity index (χ3n) is 9.94. The largest absolute Gasteiger partial charge is 0.462 e. The maximum absolute atomic E-state index is 12.8. The van der Waals surface area contributed by atoms with Gasteiger partial charge >= 0.3 is 17.9 Å². The van der Waals surface area contributed by atoms with Gasteiger partial charge in [0.25, 0.3) is 0 Å². The van der Waals surface area contributed by atoms with Crippen LogP contribution >= 0.6 is 0 Å². The zero-order chi connectivity index (χ0) is 45.8. The van der Waals surface area contributed by atoms with Crippen molar-refractivity contribution in [1.29, 1.82) is 0 Å². The molecule has 0 heterocycles. The summed E-state index contributed by atoms with van der Waals surface area (Å²) in [5.41, 5.74) is 0. The van der Waals surface area contributed by atoms with E-state index in [1.807, 2.05) is 12.2 Å². The van der Waals surface area contributed by atoms with E-state index in [1.54, 1.807) is 0 Å². The highest BCUT2D eigenvalue weighted by Gasteiger charge is 2.19. The quantitative estimate of drug-likeness (QED) is 0.0263. The van der Waals surface area contributed by atoms with Crippen molar-refractivity contribution >= 4 is 17.9 Å². The molecule has 0 N–H and O–H groups in total. The van der Waals surface area contributed by atoms with Gasteiger partial charge in [-0.25, -0.2) is 0 Å². The second-order valence-corrected chi connectivity index (χ2v) is 16.0. The second-order valence-electron chi connectivity index (χ2n) is 16.0. The van der Waals surface area contributed by atoms with Crippen LogP contribution in [0.25, 0.3) is 0 Å². The van der Waals surface area contributed by atoms with E-state index in [1.165, 1.54) is 51.4 Å². The smallest absolute Gasteiger partial charge is 0.306 e. The Morgan fingerprint density at radius 2 is 0.651 bits per heavy atom. The average molecular weight is 871 g/mol. The third-order valence-corrected chi connectivity index (χ3v) is 9.94. The van der Waals surface area contributed by atoms with Crippen LogP contribution in [0.3, 0.4) is 0 Å². The molecule has 0 aromatic rings. The van der Waals surface area contributed by atoms with Gasteiger partial charge < -0.3 is 14.2 Å². The first-order chi connectivity index (χ1) is 31.0. The van der Waals surface area contributed by atoms with Gasteiger partial charge in [0.15, 0.2) is 6.10 Å². The Kier molecular flexibility index (Phi) is 47.1. The van der Waals surface area contributed by atoms with Gasteiger partial charge in [0, 0.05) is 19.3 Å². The van der Waals surface area contributed by atoms with Gasteiger partial charge in [-0.05, 0) is 116 Å². The molecule has 0 amide bonds. The summed E-state index contributed by atoms with van der Waals surface area (Å²) in [5.74, 6) is -1.07. The summed E-state index contributed by atoms with van der Waals surface area (Å²) < 4.78 is 16.7. The number of hydrogen-bond donors (Lipinski definition) is 0. The van der Waals surface area contributed by atoms with E-state index in [0.717, 1.165) is 96.3 Å². The van der Waals surface area contributed by atoms with E-state index >= 15 is 0 Å². The predicted molar refractivity (Wildman–Crippen MR) is 269 cm³/mol. The first-order valence-corrected chi connectivity index (χ1v) is 25.0. The number of unbranched alkanes of at least 4 members (excludes halogenated alkanes) is 12. The van der Waals surface area contributed by atoms with Crippen molar-refractivity contribution < 1.29 is 28.6 Å². The van der Waals surface area contributed by atoms with Crippen LogP contribution in [0.5, 0.6) is 0 Å². The number of rotatable bonds is 43. The third kappa shape index (κ3) is 48.7. The number of esters is 3. The van der Waals surface area contributed by atoms with Crippen molar-refractivity contribution in [1.82, 2.24) is 0 Å². The molecule has 0 radical (unpaired) electrons. The molecule has 63 heavy (non-hydrogen) atoms. The number of carbonyl (C=O) groups is 3. The lowest BCUT2D eigenvalue weighted by Gasteiger charge is -2.18. The van der Waals surface area contributed by atoms with E-state index in [-0.39, 0.29) is 44.0 Å². The molecule has 0 bridgehead atoms. The molecule has 0 aliphatic rings. The Bertz CT molecular complexity index is 1370. The van der Waals surface area contributed by atoms with Gasteiger partial charge in [-0.1, -0.05) is 187 Å². The summed E-state index contributed by atoms with van der Waals surface area (Å²) >= 11 is 0. The molecule has 0 aromatic carbocycles. The predicted octanol–water partition coefficient (Wildman–Crippen LogP) is 16.5. The fourth-order valence-corrected chi connectivity index (χ4v) is 6.24. The fourth-order valence-electron chi connectivity index (χ4n) is 6.24. The molecule has 1 atom stereocenters. The van der Waals surface area contributed by atoms with E-state index in [9.17, 15) is 14.4 Å². The van der Waals surface area contributed by atoms with Crippen LogP contribution in [-0.2, 0) is 28.6 Å². The first kappa shape index (κ1) is 58.8. The van der Waals surface area contributed by atoms with Crippen LogP contribution in [0.2, 0.25) is 0 Å². The SMILES string of the molecule is CC/C=C\C/C=C\C/C=C\C/C=C\CCCCC(=O)OC(COC(=O)CC/C=C\C/C=C\C/C=C\C/C=C\CC)COC(=O)CCCCCCCCC/C=C\C/C=C\CCCCC. The molecule has 0 aliphatic carbocycles. The molecule has 0 fully saturated rings. The summed E-state index contributed by atoms with van der Waals surface area (Å²) in [6.07, 6.45) is 69.1. The zero-order valence-electron chi connectivity index (χ0n) is 40.3. The van der Waals surface area contributed by atoms with E-state index in [0.29, 0.717) is 19.3 Å². The molecule has 0 aromatic heterocycles. The average Bonchev–Trinajstić information content (AvgIpc) is 3.28. The van der Waals surface area contributed by atoms with Gasteiger partial charge in [0.05, 0.1) is 0 Å². The lowest BCUT2D eigenvalue weighted by atomic mass is 10.1. The maximum atomic E-state index is 12.8. The van der Waals surface area contributed by atoms with Crippen LogP contribution in [-0.4, -0.2) is 37.2 Å². The number of ether oxygens (including phenoxy) is 3. The second kappa shape index (κ2) is 50.5. The Labute approximate surface area is 386 Å². The summed E-state index contributed by atoms with van der Waals surface area (Å²) in [7, 11) is 0. The summed E-state index contributed by atoms with van der Waals surface area (Å²) in [6.45, 7) is 6.25. The zero-order valence-corrected chi connectivity index (χ0v) is 40.3. The highest BCUT2D eigenvalue weighted by molar-refractivity contribution is 5.71. The van der Waals surface area contributed by atoms with Gasteiger partial charge in [0.2, 0.25) is 0 Å². The molecule has 0 saturated carbocycles. The van der Waals surface area contributed by atoms with Crippen molar-refractivity contribution in [2.24, 2.45) is 0 Å². The molecule has 0 spiro atoms. The molecular formula is C57H90O6. The molecule has 1 unspecified atom stereocenters. The molecule has 0 aliphatic heterocycles. The molecule has 0 rings (SSSR count). The van der Waals surface area contributed by atoms with Gasteiger partial charge in [-0.3, -0.25) is 14.4 Å². The summed E-state index contributed by atoms with van der Waals surface area (Å²) in [6, 6.07) is 0. The van der Waals surface area contributed by atoms with Crippen molar-refractivity contribution in [3.63, 3.8) is 0 Å². The van der Waals surface area contributed by atoms with Gasteiger partial charge in [-0.2, -0.15) is 0 Å². The first-order valence-electron chi connectivity index (χ1n) is 25.0. The monoisotopic (exact) mass is 871 g/mol. The highest BCUT2D eigenvalue weighted by Crippen LogP contribution is 2.12. The normalized spacial score (nSPS) is 13.1. The van der Waals surface area contributed by atoms with Crippen LogP contribution < -0.4 is 0 Å². The molecule has 6 heteroatoms. The molecule has 0 saturated heterocycles. The minimum absolute atomic E-state index is 0.125. The number of allylic oxidation sites excluding steroid dienone is 20. The number of carbonyl (C=O) groups excluding carboxylic acids is 3. The highest BCUT2D eigenvalue weighted by atomic mass is 16.6. The van der Waals surface area contributed by atoms with Crippen molar-refractivity contribution in [2.75, 3.05) is 13.2 Å². The summed E-state index contributed by atoms with van der Waals surface area (Å²) in [5, 5.41) is 0. The van der Waals surface area contributed by atoms with Crippen LogP contribution in [0, 0.1) is 0 Å². The van der Waals surface area contributed by atoms with E-state index < -0.39 is 6.10 Å². The van der Waals surface area contributed by atoms with Crippen molar-refractivity contribution in [2.45, 2.75) is 207 Å². The minimum Gasteiger partial charge on any atom is -0.462 e. The standard InChI is InChI=1S/C57H90O6/c1-4-7-10-13-16-19-22-25-27-28-30-32-35-38-41-44-47-50-56(59)62-53-54(52-61-55(58)49-46-43-40-37-34-31-24-21-18-15-12-9-6-3)63-57(60)51-48-45-42-39-36-33-29-26-23-20-17-14-11-8-5-2/h8-9,11-12,16-21,25-27,29,31,34,36,39-40,43,54H,4-7,10,13-15,22-24,28,30,32-33,35,37-38,41-42,44-53H2,1-3H3/b11-8-,12-9-,19-16-,20-17-,21-18-,27-25-,29-26-,34-31-,39-36-,43-40-. The maximum Gasteiger partial charge on any atom is 0.306 e. The summed E-state index contributed by atoms with van der Waals surface area (Å²) in [4.78, 5) is 37.9. The Hall–Kier alpha value is -4.19. The van der Waals surface area contributed by atoms with Crippen LogP contribution in [0.15, 0.2) is 122 Å².